The third-order valence-electron chi connectivity index (χ3n) is 5.51. The number of aromatic nitrogens is 1. The molecule has 6 nitrogen and oxygen atoms in total. The number of pyridine rings is 1. The van der Waals surface area contributed by atoms with Gasteiger partial charge < -0.3 is 20.1 Å². The van der Waals surface area contributed by atoms with Crippen molar-refractivity contribution in [2.45, 2.75) is 52.1 Å². The predicted molar refractivity (Wildman–Crippen MR) is 141 cm³/mol. The lowest BCUT2D eigenvalue weighted by Crippen LogP contribution is -2.38. The maximum absolute atomic E-state index is 11.8. The van der Waals surface area contributed by atoms with Crippen LogP contribution >= 0.6 is 24.0 Å². The van der Waals surface area contributed by atoms with Gasteiger partial charge in [-0.25, -0.2) is 0 Å². The van der Waals surface area contributed by atoms with Gasteiger partial charge in [0.1, 0.15) is 0 Å². The first-order valence-corrected chi connectivity index (χ1v) is 11.2. The summed E-state index contributed by atoms with van der Waals surface area (Å²) < 4.78 is 1.75. The lowest BCUT2D eigenvalue weighted by Gasteiger charge is -2.22. The van der Waals surface area contributed by atoms with Crippen LogP contribution in [0.2, 0.25) is 0 Å². The zero-order valence-corrected chi connectivity index (χ0v) is 21.0. The maximum atomic E-state index is 11.8. The molecule has 1 unspecified atom stereocenters. The minimum atomic E-state index is 0. The Hall–Kier alpha value is -2.03. The van der Waals surface area contributed by atoms with E-state index >= 15 is 0 Å². The molecule has 1 aliphatic heterocycles. The highest BCUT2D eigenvalue weighted by Gasteiger charge is 2.14. The van der Waals surface area contributed by atoms with Crippen molar-refractivity contribution < 1.29 is 0 Å². The molecule has 0 aliphatic carbocycles. The van der Waals surface area contributed by atoms with E-state index < -0.39 is 0 Å². The average Bonchev–Trinajstić information content (AvgIpc) is 3.30. The van der Waals surface area contributed by atoms with Gasteiger partial charge >= 0.3 is 0 Å². The molecule has 3 rings (SSSR count). The van der Waals surface area contributed by atoms with Crippen molar-refractivity contribution in [2.75, 3.05) is 31.1 Å². The Balaban J connectivity index is 0.00000341. The Kier molecular flexibility index (Phi) is 10.9. The number of aliphatic imine (C=N–C) groups is 1. The molecule has 1 aromatic carbocycles. The number of halogens is 1. The van der Waals surface area contributed by atoms with Gasteiger partial charge in [0.25, 0.3) is 0 Å². The van der Waals surface area contributed by atoms with E-state index in [1.54, 1.807) is 16.7 Å². The van der Waals surface area contributed by atoms with E-state index in [4.69, 9.17) is 4.99 Å². The summed E-state index contributed by atoms with van der Waals surface area (Å²) in [5.74, 6) is 0.841. The number of anilines is 1. The van der Waals surface area contributed by atoms with Crippen LogP contribution < -0.4 is 21.1 Å². The zero-order valence-electron chi connectivity index (χ0n) is 18.7. The molecule has 0 bridgehead atoms. The zero-order chi connectivity index (χ0) is 21.2. The first kappa shape index (κ1) is 25.2. The van der Waals surface area contributed by atoms with Gasteiger partial charge in [0.15, 0.2) is 5.96 Å². The number of rotatable bonds is 9. The molecule has 0 radical (unpaired) electrons. The molecule has 0 amide bonds. The minimum Gasteiger partial charge on any atom is -0.372 e. The molecule has 0 saturated carbocycles. The Morgan fingerprint density at radius 3 is 2.68 bits per heavy atom. The number of unbranched alkanes of at least 4 members (excludes halogenated alkanes) is 1. The minimum absolute atomic E-state index is 0. The van der Waals surface area contributed by atoms with Gasteiger partial charge in [-0.2, -0.15) is 0 Å². The number of benzene rings is 1. The summed E-state index contributed by atoms with van der Waals surface area (Å²) >= 11 is 0. The average molecular weight is 537 g/mol. The Bertz CT molecular complexity index is 876. The molecule has 1 aromatic heterocycles. The molecule has 2 heterocycles. The number of hydrogen-bond acceptors (Lipinski definition) is 3. The van der Waals surface area contributed by atoms with E-state index in [1.165, 1.54) is 24.1 Å². The number of nitrogens with one attached hydrogen (secondary N) is 2. The summed E-state index contributed by atoms with van der Waals surface area (Å²) in [6.45, 7) is 8.87. The van der Waals surface area contributed by atoms with Gasteiger partial charge in [0.05, 0.1) is 6.04 Å². The quantitative estimate of drug-likeness (QED) is 0.218. The topological polar surface area (TPSA) is 61.7 Å². The van der Waals surface area contributed by atoms with E-state index in [0.717, 1.165) is 51.5 Å². The van der Waals surface area contributed by atoms with Gasteiger partial charge in [0, 0.05) is 50.7 Å². The molecular weight excluding hydrogens is 501 g/mol. The van der Waals surface area contributed by atoms with Crippen molar-refractivity contribution in [1.29, 1.82) is 0 Å². The van der Waals surface area contributed by atoms with E-state index in [-0.39, 0.29) is 35.6 Å². The molecule has 7 heteroatoms. The second kappa shape index (κ2) is 13.4. The number of hydrogen-bond donors (Lipinski definition) is 2. The second-order valence-electron chi connectivity index (χ2n) is 7.86. The van der Waals surface area contributed by atoms with Crippen molar-refractivity contribution in [3.8, 4) is 0 Å². The van der Waals surface area contributed by atoms with Gasteiger partial charge in [-0.3, -0.25) is 9.79 Å². The van der Waals surface area contributed by atoms with Crippen LogP contribution in [0.3, 0.4) is 0 Å². The Labute approximate surface area is 203 Å². The van der Waals surface area contributed by atoms with Crippen LogP contribution in [0.4, 0.5) is 5.69 Å². The van der Waals surface area contributed by atoms with Crippen LogP contribution in [-0.2, 0) is 6.54 Å². The molecule has 2 aromatic rings. The molecule has 1 atom stereocenters. The van der Waals surface area contributed by atoms with Crippen molar-refractivity contribution in [3.63, 3.8) is 0 Å². The normalized spacial score (nSPS) is 14.8. The third-order valence-corrected chi connectivity index (χ3v) is 5.51. The summed E-state index contributed by atoms with van der Waals surface area (Å²) in [7, 11) is 0. The van der Waals surface area contributed by atoms with Crippen molar-refractivity contribution in [1.82, 2.24) is 15.2 Å². The van der Waals surface area contributed by atoms with Crippen molar-refractivity contribution in [3.05, 3.63) is 64.6 Å². The summed E-state index contributed by atoms with van der Waals surface area (Å²) in [4.78, 5) is 18.9. The largest absolute Gasteiger partial charge is 0.372 e. The number of aryl methyl sites for hydroxylation is 1. The fourth-order valence-electron chi connectivity index (χ4n) is 3.80. The van der Waals surface area contributed by atoms with Crippen LogP contribution in [0.1, 0.15) is 51.1 Å². The monoisotopic (exact) mass is 537 g/mol. The van der Waals surface area contributed by atoms with Crippen molar-refractivity contribution in [2.24, 2.45) is 4.99 Å². The fourth-order valence-corrected chi connectivity index (χ4v) is 3.80. The highest BCUT2D eigenvalue weighted by atomic mass is 127. The molecular formula is C24H36IN5O. The van der Waals surface area contributed by atoms with Crippen molar-refractivity contribution >= 4 is 35.6 Å². The molecule has 170 valence electrons. The summed E-state index contributed by atoms with van der Waals surface area (Å²) in [5.41, 5.74) is 2.64. The van der Waals surface area contributed by atoms with E-state index in [9.17, 15) is 4.79 Å². The molecule has 1 fully saturated rings. The first-order valence-electron chi connectivity index (χ1n) is 11.2. The standard InChI is InChI=1S/C24H35N5O.HI/c1-3-25-24(26-14-5-7-18-29-17-6-4-13-23(29)30)27-20(2)21-11-10-12-22(19-21)28-15-8-9-16-28;/h4,6,10-13,17,19-20H,3,5,7-9,14-16,18H2,1-2H3,(H2,25,26,27);1H. The third kappa shape index (κ3) is 7.87. The van der Waals surface area contributed by atoms with Crippen LogP contribution in [0.5, 0.6) is 0 Å². The van der Waals surface area contributed by atoms with Gasteiger partial charge in [-0.15, -0.1) is 24.0 Å². The SMILES string of the molecule is CCNC(=NCCCCn1ccccc1=O)NC(C)c1cccc(N2CCCC2)c1.I. The summed E-state index contributed by atoms with van der Waals surface area (Å²) in [6.07, 6.45) is 6.29. The highest BCUT2D eigenvalue weighted by Crippen LogP contribution is 2.23. The number of nitrogens with zero attached hydrogens (tertiary/aromatic N) is 3. The molecule has 31 heavy (non-hydrogen) atoms. The van der Waals surface area contributed by atoms with E-state index in [1.807, 2.05) is 12.3 Å². The number of guanidine groups is 1. The first-order chi connectivity index (χ1) is 14.7. The molecule has 0 spiro atoms. The fraction of sp³-hybridized carbons (Fsp3) is 0.500. The smallest absolute Gasteiger partial charge is 0.250 e. The molecule has 1 aliphatic rings. The summed E-state index contributed by atoms with van der Waals surface area (Å²) in [5, 5.41) is 6.88. The lowest BCUT2D eigenvalue weighted by molar-refractivity contribution is 0.596. The molecule has 1 saturated heterocycles. The second-order valence-corrected chi connectivity index (χ2v) is 7.86. The Morgan fingerprint density at radius 1 is 1.13 bits per heavy atom. The maximum Gasteiger partial charge on any atom is 0.250 e. The Morgan fingerprint density at radius 2 is 1.94 bits per heavy atom. The highest BCUT2D eigenvalue weighted by molar-refractivity contribution is 14.0. The predicted octanol–water partition coefficient (Wildman–Crippen LogP) is 4.16. The van der Waals surface area contributed by atoms with Gasteiger partial charge in [0.2, 0.25) is 5.56 Å². The van der Waals surface area contributed by atoms with Gasteiger partial charge in [-0.1, -0.05) is 18.2 Å². The molecule has 2 N–H and O–H groups in total. The summed E-state index contributed by atoms with van der Waals surface area (Å²) in [6, 6.07) is 14.3. The lowest BCUT2D eigenvalue weighted by atomic mass is 10.1. The van der Waals surface area contributed by atoms with Crippen LogP contribution in [-0.4, -0.2) is 36.7 Å². The van der Waals surface area contributed by atoms with Crippen LogP contribution in [0.15, 0.2) is 58.4 Å². The van der Waals surface area contributed by atoms with Crippen LogP contribution in [0.25, 0.3) is 0 Å². The van der Waals surface area contributed by atoms with E-state index in [2.05, 4.69) is 53.6 Å². The van der Waals surface area contributed by atoms with Gasteiger partial charge in [-0.05, 0) is 63.3 Å². The van der Waals surface area contributed by atoms with E-state index in [0.29, 0.717) is 0 Å². The van der Waals surface area contributed by atoms with Crippen LogP contribution in [0, 0.1) is 0 Å².